The van der Waals surface area contributed by atoms with Gasteiger partial charge in [0.2, 0.25) is 0 Å². The minimum Gasteiger partial charge on any atom is -0.339 e. The zero-order valence-corrected chi connectivity index (χ0v) is 15.1. The maximum atomic E-state index is 12.9. The van der Waals surface area contributed by atoms with Gasteiger partial charge < -0.3 is 4.90 Å². The molecule has 0 unspecified atom stereocenters. The number of benzene rings is 2. The second-order valence-corrected chi connectivity index (χ2v) is 7.03. The third kappa shape index (κ3) is 4.39. The average molecular weight is 338 g/mol. The van der Waals surface area contributed by atoms with E-state index in [0.29, 0.717) is 23.6 Å². The molecule has 0 fully saturated rings. The zero-order chi connectivity index (χ0) is 17.5. The molecular weight excluding hydrogens is 316 g/mol. The minimum atomic E-state index is 0.0451. The summed E-state index contributed by atoms with van der Waals surface area (Å²) >= 11 is 1.47. The predicted octanol–water partition coefficient (Wildman–Crippen LogP) is 4.83. The zero-order valence-electron chi connectivity index (χ0n) is 14.3. The van der Waals surface area contributed by atoms with Crippen LogP contribution in [0, 0.1) is 17.2 Å². The molecule has 0 aliphatic carbocycles. The van der Waals surface area contributed by atoms with Gasteiger partial charge in [-0.2, -0.15) is 5.26 Å². The van der Waals surface area contributed by atoms with Gasteiger partial charge in [-0.15, -0.1) is 0 Å². The molecule has 3 nitrogen and oxygen atoms in total. The van der Waals surface area contributed by atoms with Crippen molar-refractivity contribution in [2.75, 3.05) is 13.1 Å². The first-order valence-corrected chi connectivity index (χ1v) is 8.93. The molecule has 124 valence electrons. The molecule has 4 heteroatoms. The lowest BCUT2D eigenvalue weighted by atomic mass is 10.1. The molecule has 0 atom stereocenters. The number of carbonyl (C=O) groups is 1. The van der Waals surface area contributed by atoms with E-state index in [-0.39, 0.29) is 5.91 Å². The largest absolute Gasteiger partial charge is 0.339 e. The maximum Gasteiger partial charge on any atom is 0.255 e. The van der Waals surface area contributed by atoms with Gasteiger partial charge in [0.05, 0.1) is 11.1 Å². The maximum absolute atomic E-state index is 12.9. The molecule has 0 N–H and O–H groups in total. The van der Waals surface area contributed by atoms with Crippen LogP contribution < -0.4 is 0 Å². The van der Waals surface area contributed by atoms with Gasteiger partial charge in [-0.3, -0.25) is 4.79 Å². The molecule has 0 saturated carbocycles. The standard InChI is InChI=1S/C20H22N2OS/c1-4-22(14-15(2)3)20(23)17-10-6-8-12-19(17)24-18-11-7-5-9-16(18)13-21/h5-12,15H,4,14H2,1-3H3. The Labute approximate surface area is 148 Å². The van der Waals surface area contributed by atoms with Gasteiger partial charge >= 0.3 is 0 Å². The van der Waals surface area contributed by atoms with E-state index < -0.39 is 0 Å². The molecule has 2 aromatic carbocycles. The second-order valence-electron chi connectivity index (χ2n) is 5.94. The van der Waals surface area contributed by atoms with Gasteiger partial charge in [0.1, 0.15) is 6.07 Å². The molecular formula is C20H22N2OS. The molecule has 0 bridgehead atoms. The van der Waals surface area contributed by atoms with E-state index in [2.05, 4.69) is 19.9 Å². The minimum absolute atomic E-state index is 0.0451. The fourth-order valence-corrected chi connectivity index (χ4v) is 3.48. The number of nitrogens with zero attached hydrogens (tertiary/aromatic N) is 2. The van der Waals surface area contributed by atoms with E-state index >= 15 is 0 Å². The Bertz CT molecular complexity index is 749. The summed E-state index contributed by atoms with van der Waals surface area (Å²) in [7, 11) is 0. The highest BCUT2D eigenvalue weighted by Crippen LogP contribution is 2.33. The summed E-state index contributed by atoms with van der Waals surface area (Å²) in [6.45, 7) is 7.65. The molecule has 0 spiro atoms. The molecule has 0 aliphatic rings. The van der Waals surface area contributed by atoms with Crippen LogP contribution in [0.4, 0.5) is 0 Å². The Hall–Kier alpha value is -2.25. The smallest absolute Gasteiger partial charge is 0.255 e. The average Bonchev–Trinajstić information content (AvgIpc) is 2.60. The molecule has 24 heavy (non-hydrogen) atoms. The quantitative estimate of drug-likeness (QED) is 0.758. The topological polar surface area (TPSA) is 44.1 Å². The van der Waals surface area contributed by atoms with Crippen molar-refractivity contribution < 1.29 is 4.79 Å². The third-order valence-corrected chi connectivity index (χ3v) is 4.75. The van der Waals surface area contributed by atoms with Gasteiger partial charge in [0.25, 0.3) is 5.91 Å². The van der Waals surface area contributed by atoms with E-state index in [4.69, 9.17) is 0 Å². The van der Waals surface area contributed by atoms with Crippen LogP contribution >= 0.6 is 11.8 Å². The van der Waals surface area contributed by atoms with Gasteiger partial charge in [-0.1, -0.05) is 49.9 Å². The number of hydrogen-bond donors (Lipinski definition) is 0. The van der Waals surface area contributed by atoms with Crippen LogP contribution in [-0.2, 0) is 0 Å². The van der Waals surface area contributed by atoms with Crippen LogP contribution in [-0.4, -0.2) is 23.9 Å². The molecule has 0 aliphatic heterocycles. The van der Waals surface area contributed by atoms with Gasteiger partial charge in [-0.25, -0.2) is 0 Å². The number of hydrogen-bond acceptors (Lipinski definition) is 3. The van der Waals surface area contributed by atoms with Crippen LogP contribution in [0.3, 0.4) is 0 Å². The first-order valence-electron chi connectivity index (χ1n) is 8.12. The van der Waals surface area contributed by atoms with E-state index in [9.17, 15) is 10.1 Å². The first kappa shape index (κ1) is 18.1. The highest BCUT2D eigenvalue weighted by atomic mass is 32.2. The van der Waals surface area contributed by atoms with Gasteiger partial charge in [0, 0.05) is 22.9 Å². The van der Waals surface area contributed by atoms with Crippen LogP contribution in [0.25, 0.3) is 0 Å². The summed E-state index contributed by atoms with van der Waals surface area (Å²) in [5.41, 5.74) is 1.32. The third-order valence-electron chi connectivity index (χ3n) is 3.60. The van der Waals surface area contributed by atoms with Crippen molar-refractivity contribution in [1.29, 1.82) is 5.26 Å². The van der Waals surface area contributed by atoms with Gasteiger partial charge in [-0.05, 0) is 37.1 Å². The first-order chi connectivity index (χ1) is 11.6. The number of rotatable bonds is 6. The molecule has 0 saturated heterocycles. The Morgan fingerprint density at radius 1 is 1.12 bits per heavy atom. The summed E-state index contributed by atoms with van der Waals surface area (Å²) in [6.07, 6.45) is 0. The van der Waals surface area contributed by atoms with E-state index in [1.807, 2.05) is 54.3 Å². The van der Waals surface area contributed by atoms with Crippen molar-refractivity contribution in [2.24, 2.45) is 5.92 Å². The summed E-state index contributed by atoms with van der Waals surface area (Å²) in [5, 5.41) is 9.26. The Kier molecular flexibility index (Phi) is 6.45. The van der Waals surface area contributed by atoms with Gasteiger partial charge in [0.15, 0.2) is 0 Å². The summed E-state index contributed by atoms with van der Waals surface area (Å²) in [6, 6.07) is 17.3. The molecule has 0 aromatic heterocycles. The Morgan fingerprint density at radius 3 is 2.38 bits per heavy atom. The molecule has 1 amide bonds. The molecule has 2 rings (SSSR count). The number of carbonyl (C=O) groups excluding carboxylic acids is 1. The second kappa shape index (κ2) is 8.56. The Morgan fingerprint density at radius 2 is 1.75 bits per heavy atom. The van der Waals surface area contributed by atoms with Crippen molar-refractivity contribution in [3.8, 4) is 6.07 Å². The monoisotopic (exact) mass is 338 g/mol. The summed E-state index contributed by atoms with van der Waals surface area (Å²) in [5.74, 6) is 0.469. The highest BCUT2D eigenvalue weighted by molar-refractivity contribution is 7.99. The highest BCUT2D eigenvalue weighted by Gasteiger charge is 2.19. The SMILES string of the molecule is CCN(CC(C)C)C(=O)c1ccccc1Sc1ccccc1C#N. The van der Waals surface area contributed by atoms with Crippen LogP contribution in [0.1, 0.15) is 36.7 Å². The van der Waals surface area contributed by atoms with Crippen molar-refractivity contribution in [1.82, 2.24) is 4.90 Å². The van der Waals surface area contributed by atoms with Crippen molar-refractivity contribution in [3.63, 3.8) is 0 Å². The summed E-state index contributed by atoms with van der Waals surface area (Å²) < 4.78 is 0. The van der Waals surface area contributed by atoms with E-state index in [1.165, 1.54) is 11.8 Å². The van der Waals surface area contributed by atoms with E-state index in [0.717, 1.165) is 16.3 Å². The number of nitriles is 1. The predicted molar refractivity (Wildman–Crippen MR) is 98.1 cm³/mol. The number of amides is 1. The van der Waals surface area contributed by atoms with Crippen molar-refractivity contribution in [2.45, 2.75) is 30.6 Å². The fourth-order valence-electron chi connectivity index (χ4n) is 2.47. The lowest BCUT2D eigenvalue weighted by Gasteiger charge is -2.24. The molecule has 2 aromatic rings. The molecule has 0 radical (unpaired) electrons. The lowest BCUT2D eigenvalue weighted by molar-refractivity contribution is 0.0742. The Balaban J connectivity index is 2.34. The lowest BCUT2D eigenvalue weighted by Crippen LogP contribution is -2.34. The van der Waals surface area contributed by atoms with Crippen molar-refractivity contribution >= 4 is 17.7 Å². The van der Waals surface area contributed by atoms with Crippen LogP contribution in [0.15, 0.2) is 58.3 Å². The van der Waals surface area contributed by atoms with E-state index in [1.54, 1.807) is 6.07 Å². The van der Waals surface area contributed by atoms with Crippen LogP contribution in [0.5, 0.6) is 0 Å². The van der Waals surface area contributed by atoms with Crippen LogP contribution in [0.2, 0.25) is 0 Å². The summed E-state index contributed by atoms with van der Waals surface area (Å²) in [4.78, 5) is 16.5. The van der Waals surface area contributed by atoms with Crippen molar-refractivity contribution in [3.05, 3.63) is 59.7 Å². The molecule has 0 heterocycles. The normalized spacial score (nSPS) is 10.5. The fraction of sp³-hybridized carbons (Fsp3) is 0.300.